The number of nitrogens with zero attached hydrogens (tertiary/aromatic N) is 4. The van der Waals surface area contributed by atoms with E-state index in [0.717, 1.165) is 112 Å². The molecule has 1 N–H and O–H groups in total. The molecule has 5 nitrogen and oxygen atoms in total. The number of hydrogen-bond donors (Lipinski definition) is 1. The van der Waals surface area contributed by atoms with Crippen LogP contribution in [0.1, 0.15) is 122 Å². The molecule has 414 valence electrons. The molecular weight excluding hydrogens is 1180 g/mol. The second-order valence-corrected chi connectivity index (χ2v) is 25.7. The number of allylic oxidation sites excluding steroid dienone is 3. The summed E-state index contributed by atoms with van der Waals surface area (Å²) in [4.78, 5) is 11.7. The molecule has 0 spiro atoms. The predicted octanol–water partition coefficient (Wildman–Crippen LogP) is 20.4. The zero-order valence-corrected chi connectivity index (χ0v) is 51.6. The predicted molar refractivity (Wildman–Crippen MR) is 342 cm³/mol. The van der Waals surface area contributed by atoms with Gasteiger partial charge >= 0.3 is 0 Å². The minimum Gasteiger partial charge on any atom is -0.664 e. The Morgan fingerprint density at radius 3 is 1.50 bits per heavy atom. The molecule has 0 radical (unpaired) electrons. The van der Waals surface area contributed by atoms with Crippen LogP contribution in [0.15, 0.2) is 224 Å². The van der Waals surface area contributed by atoms with Gasteiger partial charge in [0.15, 0.2) is 0 Å². The Balaban J connectivity index is 0.00000753. The minimum atomic E-state index is -0.372. The number of benzene rings is 8. The van der Waals surface area contributed by atoms with Gasteiger partial charge in [-0.05, 0) is 125 Å². The maximum atomic E-state index is 12.9. The van der Waals surface area contributed by atoms with Crippen LogP contribution < -0.4 is 0 Å². The molecule has 8 aromatic carbocycles. The van der Waals surface area contributed by atoms with Gasteiger partial charge in [-0.25, -0.2) is 9.97 Å². The van der Waals surface area contributed by atoms with Crippen LogP contribution in [0.3, 0.4) is 0 Å². The third-order valence-corrected chi connectivity index (χ3v) is 15.7. The molecule has 1 aliphatic rings. The Kier molecular flexibility index (Phi) is 15.6. The normalized spacial score (nSPS) is 13.6. The number of para-hydroxylation sites is 1. The van der Waals surface area contributed by atoms with Crippen LogP contribution in [0.5, 0.6) is 5.75 Å². The number of fused-ring (bicyclic) bond motifs is 1. The van der Waals surface area contributed by atoms with E-state index in [4.69, 9.17) is 15.3 Å². The van der Waals surface area contributed by atoms with Gasteiger partial charge in [-0.15, -0.1) is 5.70 Å². The summed E-state index contributed by atoms with van der Waals surface area (Å²) in [6.45, 7) is 26.8. The van der Waals surface area contributed by atoms with Gasteiger partial charge in [-0.1, -0.05) is 259 Å². The Bertz CT molecular complexity index is 4030. The Morgan fingerprint density at radius 2 is 0.951 bits per heavy atom. The molecule has 11 rings (SSSR count). The first kappa shape index (κ1) is 57.1. The SMILES string of the molecule is CC(C)(C)c1cc(/C(=C2/C=C(c3ccccc3)C=C[N-]2)c2c(-c3ccccc3)cccc2-c2ccccc2)nc(-c2cccc3c2nc(-c2cc(C(C)(C)C)cc(C(C)(C)C)c2O)n3-c2ccc(C(C)(C)C)cc2-c2ccccc2)c1.[Pt]. The summed E-state index contributed by atoms with van der Waals surface area (Å²) >= 11 is 0. The fourth-order valence-electron chi connectivity index (χ4n) is 11.1. The van der Waals surface area contributed by atoms with Crippen molar-refractivity contribution < 1.29 is 26.2 Å². The first-order valence-corrected chi connectivity index (χ1v) is 28.4. The van der Waals surface area contributed by atoms with Crippen molar-refractivity contribution in [2.45, 2.75) is 105 Å². The van der Waals surface area contributed by atoms with E-state index < -0.39 is 0 Å². The summed E-state index contributed by atoms with van der Waals surface area (Å²) in [6.07, 6.45) is 6.25. The molecule has 82 heavy (non-hydrogen) atoms. The minimum absolute atomic E-state index is 0. The molecule has 0 saturated carbocycles. The van der Waals surface area contributed by atoms with Crippen molar-refractivity contribution in [2.75, 3.05) is 0 Å². The van der Waals surface area contributed by atoms with Crippen molar-refractivity contribution in [1.82, 2.24) is 14.5 Å². The monoisotopic (exact) mass is 1250 g/mol. The smallest absolute Gasteiger partial charge is 0.149 e. The summed E-state index contributed by atoms with van der Waals surface area (Å²) in [5.74, 6) is 0.880. The topological polar surface area (TPSA) is 65.0 Å². The molecule has 0 bridgehead atoms. The van der Waals surface area contributed by atoms with Crippen molar-refractivity contribution in [3.8, 4) is 67.5 Å². The Hall–Kier alpha value is -8.11. The van der Waals surface area contributed by atoms with E-state index in [9.17, 15) is 5.11 Å². The molecule has 0 fully saturated rings. The van der Waals surface area contributed by atoms with E-state index in [0.29, 0.717) is 11.4 Å². The fraction of sp³-hybridized carbons (Fsp3) is 0.211. The average Bonchev–Trinajstić information content (AvgIpc) is 3.27. The molecule has 0 aliphatic carbocycles. The molecule has 0 unspecified atom stereocenters. The number of hydrogen-bond acceptors (Lipinski definition) is 3. The van der Waals surface area contributed by atoms with Crippen LogP contribution in [-0.4, -0.2) is 19.6 Å². The van der Waals surface area contributed by atoms with Crippen molar-refractivity contribution in [3.05, 3.63) is 269 Å². The van der Waals surface area contributed by atoms with E-state index in [1.54, 1.807) is 0 Å². The largest absolute Gasteiger partial charge is 0.664 e. The molecule has 0 atom stereocenters. The van der Waals surface area contributed by atoms with Gasteiger partial charge in [-0.3, -0.25) is 4.57 Å². The number of phenols is 1. The zero-order chi connectivity index (χ0) is 57.0. The van der Waals surface area contributed by atoms with Gasteiger partial charge in [0.2, 0.25) is 0 Å². The van der Waals surface area contributed by atoms with Gasteiger partial charge in [0.05, 0.1) is 33.7 Å². The van der Waals surface area contributed by atoms with Gasteiger partial charge in [0, 0.05) is 37.8 Å². The summed E-state index contributed by atoms with van der Waals surface area (Å²) in [5.41, 5.74) is 20.5. The van der Waals surface area contributed by atoms with Gasteiger partial charge in [-0.2, -0.15) is 6.20 Å². The Morgan fingerprint density at radius 1 is 0.451 bits per heavy atom. The van der Waals surface area contributed by atoms with Gasteiger partial charge in [0.25, 0.3) is 0 Å². The molecule has 10 aromatic rings. The van der Waals surface area contributed by atoms with E-state index >= 15 is 0 Å². The Labute approximate surface area is 500 Å². The first-order chi connectivity index (χ1) is 38.6. The molecule has 0 saturated heterocycles. The number of aromatic hydroxyl groups is 1. The van der Waals surface area contributed by atoms with Crippen LogP contribution >= 0.6 is 0 Å². The second-order valence-electron chi connectivity index (χ2n) is 25.7. The molecule has 6 heteroatoms. The van der Waals surface area contributed by atoms with Crippen LogP contribution in [0.4, 0.5) is 0 Å². The number of phenolic OH excluding ortho intramolecular Hbond substituents is 1. The van der Waals surface area contributed by atoms with Crippen LogP contribution in [0, 0.1) is 0 Å². The summed E-state index contributed by atoms with van der Waals surface area (Å²) in [7, 11) is 0. The molecular formula is C76H73N4OPt-. The summed E-state index contributed by atoms with van der Waals surface area (Å²) in [6, 6.07) is 71.4. The zero-order valence-electron chi connectivity index (χ0n) is 49.3. The first-order valence-electron chi connectivity index (χ1n) is 28.4. The maximum Gasteiger partial charge on any atom is 0.149 e. The average molecular weight is 1250 g/mol. The standard InChI is InChI=1S/C76H73N4O.Pt/c1-73(2,3)54-39-40-66(60(44-54)52-33-23-16-24-34-52)80-67-38-26-37-59(70(67)79-72(80)61-45-55(74(4,5)6)46-62(71(61)81)76(10,11)12)63-47-56(75(7,8)9)48-65(78-63)69(64-43-53(41-42-77-64)49-27-17-13-18-28-49)68-57(50-29-19-14-20-30-50)35-25-36-58(68)51-31-21-15-22-32-51;/h13-48H,1-12H3,(H-,77,78,79,81);/q-1;. The van der Waals surface area contributed by atoms with E-state index in [1.807, 2.05) is 6.20 Å². The quantitative estimate of drug-likeness (QED) is 0.157. The van der Waals surface area contributed by atoms with E-state index in [1.165, 1.54) is 5.56 Å². The number of pyridine rings is 1. The van der Waals surface area contributed by atoms with Gasteiger partial charge < -0.3 is 10.4 Å². The third-order valence-electron chi connectivity index (χ3n) is 15.7. The van der Waals surface area contributed by atoms with Crippen LogP contribution in [-0.2, 0) is 42.7 Å². The van der Waals surface area contributed by atoms with Crippen molar-refractivity contribution in [1.29, 1.82) is 0 Å². The number of aromatic nitrogens is 3. The summed E-state index contributed by atoms with van der Waals surface area (Å²) in [5, 5.41) is 18.2. The summed E-state index contributed by atoms with van der Waals surface area (Å²) < 4.78 is 2.29. The van der Waals surface area contributed by atoms with Crippen molar-refractivity contribution in [3.63, 3.8) is 0 Å². The molecule has 1 aliphatic heterocycles. The van der Waals surface area contributed by atoms with E-state index in [-0.39, 0.29) is 48.5 Å². The van der Waals surface area contributed by atoms with Crippen LogP contribution in [0.2, 0.25) is 0 Å². The number of rotatable bonds is 9. The van der Waals surface area contributed by atoms with E-state index in [2.05, 4.69) is 300 Å². The third kappa shape index (κ3) is 11.3. The van der Waals surface area contributed by atoms with Crippen molar-refractivity contribution in [2.24, 2.45) is 0 Å². The molecule has 3 heterocycles. The fourth-order valence-corrected chi connectivity index (χ4v) is 11.1. The maximum absolute atomic E-state index is 12.9. The number of imidazole rings is 1. The van der Waals surface area contributed by atoms with Gasteiger partial charge in [0.1, 0.15) is 11.6 Å². The molecule has 0 amide bonds. The van der Waals surface area contributed by atoms with Crippen molar-refractivity contribution >= 4 is 22.2 Å². The second kappa shape index (κ2) is 22.3. The van der Waals surface area contributed by atoms with Crippen LogP contribution in [0.25, 0.3) is 89.2 Å². The molecule has 2 aromatic heterocycles.